The summed E-state index contributed by atoms with van der Waals surface area (Å²) in [5, 5.41) is 20.2. The van der Waals surface area contributed by atoms with E-state index in [2.05, 4.69) is 0 Å². The third kappa shape index (κ3) is 2.76. The fourth-order valence-corrected chi connectivity index (χ4v) is 3.70. The number of aromatic hydroxyl groups is 2. The van der Waals surface area contributed by atoms with Crippen LogP contribution in [0.4, 0.5) is 0 Å². The van der Waals surface area contributed by atoms with Gasteiger partial charge in [-0.05, 0) is 40.6 Å². The molecule has 2 N–H and O–H groups in total. The number of sulfone groups is 1. The molecule has 0 heterocycles. The molecule has 0 fully saturated rings. The smallest absolute Gasteiger partial charge is 0.182 e. The first-order valence-electron chi connectivity index (χ1n) is 6.68. The third-order valence-corrected chi connectivity index (χ3v) is 5.15. The molecular formula is C17H14O4S. The van der Waals surface area contributed by atoms with E-state index in [1.165, 1.54) is 24.3 Å². The lowest BCUT2D eigenvalue weighted by molar-refractivity contribution is 0.405. The zero-order valence-corrected chi connectivity index (χ0v) is 12.4. The van der Waals surface area contributed by atoms with Gasteiger partial charge in [-0.1, -0.05) is 36.4 Å². The Balaban J connectivity index is 2.04. The predicted molar refractivity (Wildman–Crippen MR) is 84.6 cm³/mol. The van der Waals surface area contributed by atoms with Gasteiger partial charge in [0.25, 0.3) is 0 Å². The van der Waals surface area contributed by atoms with Gasteiger partial charge < -0.3 is 10.2 Å². The summed E-state index contributed by atoms with van der Waals surface area (Å²) < 4.78 is 25.0. The van der Waals surface area contributed by atoms with Crippen LogP contribution in [0.25, 0.3) is 10.8 Å². The molecule has 3 aromatic rings. The molecule has 0 aliphatic heterocycles. The maximum absolute atomic E-state index is 12.5. The first kappa shape index (κ1) is 14.4. The molecule has 22 heavy (non-hydrogen) atoms. The van der Waals surface area contributed by atoms with E-state index >= 15 is 0 Å². The largest absolute Gasteiger partial charge is 0.504 e. The van der Waals surface area contributed by atoms with Gasteiger partial charge in [-0.25, -0.2) is 8.42 Å². The fourth-order valence-electron chi connectivity index (χ4n) is 2.32. The maximum Gasteiger partial charge on any atom is 0.182 e. The second-order valence-corrected chi connectivity index (χ2v) is 7.08. The summed E-state index contributed by atoms with van der Waals surface area (Å²) in [6.07, 6.45) is 0. The molecule has 0 atom stereocenters. The van der Waals surface area contributed by atoms with E-state index in [4.69, 9.17) is 0 Å². The Hall–Kier alpha value is -2.53. The standard InChI is InChI=1S/C17H14O4S/c18-16-9-13-6-7-15(8-14(13)10-17(16)19)22(20,21)11-12-4-2-1-3-5-12/h1-10,18-19H,11H2. The molecule has 0 unspecified atom stereocenters. The highest BCUT2D eigenvalue weighted by molar-refractivity contribution is 7.90. The Bertz CT molecular complexity index is 932. The monoisotopic (exact) mass is 314 g/mol. The molecule has 0 bridgehead atoms. The van der Waals surface area contributed by atoms with E-state index in [1.807, 2.05) is 6.07 Å². The molecule has 3 aromatic carbocycles. The van der Waals surface area contributed by atoms with E-state index in [-0.39, 0.29) is 22.1 Å². The molecule has 0 aromatic heterocycles. The zero-order valence-electron chi connectivity index (χ0n) is 11.6. The number of rotatable bonds is 3. The SMILES string of the molecule is O=S(=O)(Cc1ccccc1)c1ccc2cc(O)c(O)cc2c1. The second kappa shape index (κ2) is 5.35. The van der Waals surface area contributed by atoms with Crippen LogP contribution in [0.3, 0.4) is 0 Å². The average molecular weight is 314 g/mol. The van der Waals surface area contributed by atoms with Crippen LogP contribution in [0.5, 0.6) is 11.5 Å². The highest BCUT2D eigenvalue weighted by Crippen LogP contribution is 2.31. The van der Waals surface area contributed by atoms with Gasteiger partial charge in [-0.15, -0.1) is 0 Å². The minimum absolute atomic E-state index is 0.0799. The van der Waals surface area contributed by atoms with Gasteiger partial charge in [0.2, 0.25) is 0 Å². The fraction of sp³-hybridized carbons (Fsp3) is 0.0588. The molecule has 0 saturated heterocycles. The Morgan fingerprint density at radius 2 is 1.41 bits per heavy atom. The van der Waals surface area contributed by atoms with Crippen molar-refractivity contribution in [3.8, 4) is 11.5 Å². The minimum atomic E-state index is -3.47. The van der Waals surface area contributed by atoms with E-state index < -0.39 is 9.84 Å². The number of phenolic OH excluding ortho intramolecular Hbond substituents is 2. The van der Waals surface area contributed by atoms with Gasteiger partial charge in [0.1, 0.15) is 0 Å². The Labute approximate surface area is 128 Å². The lowest BCUT2D eigenvalue weighted by Gasteiger charge is -2.07. The first-order chi connectivity index (χ1) is 10.5. The maximum atomic E-state index is 12.5. The summed E-state index contributed by atoms with van der Waals surface area (Å²) >= 11 is 0. The van der Waals surface area contributed by atoms with E-state index in [1.54, 1.807) is 30.3 Å². The summed E-state index contributed by atoms with van der Waals surface area (Å²) in [5.41, 5.74) is 0.719. The third-order valence-electron chi connectivity index (χ3n) is 3.46. The summed E-state index contributed by atoms with van der Waals surface area (Å²) in [7, 11) is -3.47. The number of hydrogen-bond donors (Lipinski definition) is 2. The molecule has 3 rings (SSSR count). The van der Waals surface area contributed by atoms with E-state index in [0.29, 0.717) is 10.8 Å². The van der Waals surface area contributed by atoms with Crippen molar-refractivity contribution in [2.75, 3.05) is 0 Å². The van der Waals surface area contributed by atoms with Crippen molar-refractivity contribution in [1.29, 1.82) is 0 Å². The summed E-state index contributed by atoms with van der Waals surface area (Å²) in [5.74, 6) is -0.582. The zero-order chi connectivity index (χ0) is 15.7. The lowest BCUT2D eigenvalue weighted by atomic mass is 10.1. The molecule has 0 saturated carbocycles. The Kier molecular flexibility index (Phi) is 3.50. The van der Waals surface area contributed by atoms with Gasteiger partial charge in [-0.3, -0.25) is 0 Å². The van der Waals surface area contributed by atoms with Gasteiger partial charge in [0, 0.05) is 0 Å². The summed E-state index contributed by atoms with van der Waals surface area (Å²) in [6.45, 7) is 0. The number of benzene rings is 3. The topological polar surface area (TPSA) is 74.6 Å². The van der Waals surface area contributed by atoms with Crippen molar-refractivity contribution in [3.63, 3.8) is 0 Å². The molecule has 0 spiro atoms. The van der Waals surface area contributed by atoms with Crippen LogP contribution in [0.2, 0.25) is 0 Å². The molecule has 5 heteroatoms. The number of hydrogen-bond acceptors (Lipinski definition) is 4. The molecule has 0 amide bonds. The number of fused-ring (bicyclic) bond motifs is 1. The normalized spacial score (nSPS) is 11.6. The second-order valence-electron chi connectivity index (χ2n) is 5.09. The van der Waals surface area contributed by atoms with Crippen molar-refractivity contribution in [2.24, 2.45) is 0 Å². The van der Waals surface area contributed by atoms with Gasteiger partial charge in [-0.2, -0.15) is 0 Å². The van der Waals surface area contributed by atoms with Crippen molar-refractivity contribution < 1.29 is 18.6 Å². The molecule has 0 aliphatic carbocycles. The molecule has 0 aliphatic rings. The van der Waals surface area contributed by atoms with Crippen molar-refractivity contribution >= 4 is 20.6 Å². The van der Waals surface area contributed by atoms with Crippen LogP contribution in [-0.4, -0.2) is 18.6 Å². The molecule has 0 radical (unpaired) electrons. The predicted octanol–water partition coefficient (Wildman–Crippen LogP) is 3.22. The van der Waals surface area contributed by atoms with E-state index in [9.17, 15) is 18.6 Å². The average Bonchev–Trinajstić information content (AvgIpc) is 2.48. The highest BCUT2D eigenvalue weighted by Gasteiger charge is 2.16. The minimum Gasteiger partial charge on any atom is -0.504 e. The van der Waals surface area contributed by atoms with Gasteiger partial charge in [0.05, 0.1) is 10.6 Å². The molecule has 4 nitrogen and oxygen atoms in total. The van der Waals surface area contributed by atoms with Crippen molar-refractivity contribution in [1.82, 2.24) is 0 Å². The van der Waals surface area contributed by atoms with Crippen LogP contribution >= 0.6 is 0 Å². The number of phenols is 2. The van der Waals surface area contributed by atoms with Crippen molar-refractivity contribution in [3.05, 3.63) is 66.2 Å². The van der Waals surface area contributed by atoms with Crippen molar-refractivity contribution in [2.45, 2.75) is 10.6 Å². The van der Waals surface area contributed by atoms with E-state index in [0.717, 1.165) is 5.56 Å². The quantitative estimate of drug-likeness (QED) is 0.728. The van der Waals surface area contributed by atoms with Gasteiger partial charge >= 0.3 is 0 Å². The highest BCUT2D eigenvalue weighted by atomic mass is 32.2. The Morgan fingerprint density at radius 3 is 2.09 bits per heavy atom. The summed E-state index contributed by atoms with van der Waals surface area (Å²) in [4.78, 5) is 0.189. The lowest BCUT2D eigenvalue weighted by Crippen LogP contribution is -2.04. The summed E-state index contributed by atoms with van der Waals surface area (Å²) in [6, 6.07) is 16.4. The molecular weight excluding hydrogens is 300 g/mol. The van der Waals surface area contributed by atoms with Crippen LogP contribution < -0.4 is 0 Å². The van der Waals surface area contributed by atoms with Crippen LogP contribution in [-0.2, 0) is 15.6 Å². The van der Waals surface area contributed by atoms with Crippen LogP contribution in [0.15, 0.2) is 65.6 Å². The molecule has 112 valence electrons. The van der Waals surface area contributed by atoms with Crippen LogP contribution in [0, 0.1) is 0 Å². The van der Waals surface area contributed by atoms with Gasteiger partial charge in [0.15, 0.2) is 21.3 Å². The Morgan fingerprint density at radius 1 is 0.773 bits per heavy atom. The first-order valence-corrected chi connectivity index (χ1v) is 8.33. The van der Waals surface area contributed by atoms with Crippen LogP contribution in [0.1, 0.15) is 5.56 Å².